The molecule has 0 aromatic rings. The fraction of sp³-hybridized carbons (Fsp3) is 0.818. The monoisotopic (exact) mass is 199 g/mol. The van der Waals surface area contributed by atoms with Crippen molar-refractivity contribution in [3.8, 4) is 0 Å². The van der Waals surface area contributed by atoms with Crippen LogP contribution in [0.4, 0.5) is 0 Å². The fourth-order valence-electron chi connectivity index (χ4n) is 1.02. The Bertz CT molecular complexity index is 204. The number of Topliss-reactive ketones (excluding diaryl/α,β-unsaturated/α-hetero) is 1. The maximum absolute atomic E-state index is 11.3. The molecule has 0 atom stereocenters. The first-order valence-corrected chi connectivity index (χ1v) is 5.07. The van der Waals surface area contributed by atoms with E-state index in [1.54, 1.807) is 7.05 Å². The van der Waals surface area contributed by atoms with Crippen molar-refractivity contribution in [2.24, 2.45) is 5.41 Å². The van der Waals surface area contributed by atoms with Gasteiger partial charge in [-0.25, -0.2) is 0 Å². The highest BCUT2D eigenvalue weighted by atomic mass is 16.2. The number of nitrogens with one attached hydrogen (secondary N) is 1. The summed E-state index contributed by atoms with van der Waals surface area (Å²) in [6, 6.07) is 0. The second-order valence-corrected chi connectivity index (χ2v) is 4.77. The van der Waals surface area contributed by atoms with Crippen molar-refractivity contribution < 1.29 is 9.59 Å². The van der Waals surface area contributed by atoms with E-state index in [2.05, 4.69) is 26.1 Å². The Hall–Kier alpha value is -0.860. The van der Waals surface area contributed by atoms with Crippen LogP contribution in [0, 0.1) is 5.41 Å². The van der Waals surface area contributed by atoms with Gasteiger partial charge in [0.15, 0.2) is 0 Å². The van der Waals surface area contributed by atoms with Crippen molar-refractivity contribution in [1.82, 2.24) is 5.32 Å². The number of rotatable bonds is 5. The lowest BCUT2D eigenvalue weighted by atomic mass is 9.89. The van der Waals surface area contributed by atoms with Gasteiger partial charge in [0.25, 0.3) is 0 Å². The maximum atomic E-state index is 11.3. The molecule has 0 saturated heterocycles. The zero-order chi connectivity index (χ0) is 11.2. The molecule has 0 spiro atoms. The minimum Gasteiger partial charge on any atom is -0.359 e. The van der Waals surface area contributed by atoms with E-state index in [9.17, 15) is 9.59 Å². The SMILES string of the molecule is CNC(=O)CCC(=O)CCC(C)(C)C. The molecule has 0 saturated carbocycles. The van der Waals surface area contributed by atoms with Gasteiger partial charge >= 0.3 is 0 Å². The van der Waals surface area contributed by atoms with Gasteiger partial charge in [0.2, 0.25) is 5.91 Å². The molecule has 0 unspecified atom stereocenters. The molecule has 3 nitrogen and oxygen atoms in total. The van der Waals surface area contributed by atoms with Crippen LogP contribution < -0.4 is 5.32 Å². The summed E-state index contributed by atoms with van der Waals surface area (Å²) in [5.41, 5.74) is 0.197. The third-order valence-corrected chi connectivity index (χ3v) is 2.06. The molecule has 14 heavy (non-hydrogen) atoms. The predicted octanol–water partition coefficient (Wildman–Crippen LogP) is 1.91. The molecule has 0 aromatic heterocycles. The molecule has 0 rings (SSSR count). The zero-order valence-corrected chi connectivity index (χ0v) is 9.64. The molecule has 0 fully saturated rings. The predicted molar refractivity (Wildman–Crippen MR) is 57.0 cm³/mol. The number of carbonyl (C=O) groups excluding carboxylic acids is 2. The molecule has 0 aromatic carbocycles. The van der Waals surface area contributed by atoms with Crippen molar-refractivity contribution in [1.29, 1.82) is 0 Å². The van der Waals surface area contributed by atoms with Crippen LogP contribution in [0.2, 0.25) is 0 Å². The van der Waals surface area contributed by atoms with E-state index in [-0.39, 0.29) is 17.1 Å². The summed E-state index contributed by atoms with van der Waals surface area (Å²) in [4.78, 5) is 22.2. The molecule has 1 N–H and O–H groups in total. The number of carbonyl (C=O) groups is 2. The summed E-state index contributed by atoms with van der Waals surface area (Å²) in [5.74, 6) is 0.123. The first-order chi connectivity index (χ1) is 6.35. The van der Waals surface area contributed by atoms with Crippen molar-refractivity contribution in [3.63, 3.8) is 0 Å². The highest BCUT2D eigenvalue weighted by molar-refractivity contribution is 5.84. The van der Waals surface area contributed by atoms with Gasteiger partial charge in [0.1, 0.15) is 5.78 Å². The van der Waals surface area contributed by atoms with E-state index in [1.165, 1.54) is 0 Å². The highest BCUT2D eigenvalue weighted by Crippen LogP contribution is 2.21. The molecule has 0 radical (unpaired) electrons. The largest absolute Gasteiger partial charge is 0.359 e. The first kappa shape index (κ1) is 13.1. The van der Waals surface area contributed by atoms with Gasteiger partial charge in [0, 0.05) is 26.3 Å². The summed E-state index contributed by atoms with van der Waals surface area (Å²) in [6.45, 7) is 6.33. The fourth-order valence-corrected chi connectivity index (χ4v) is 1.02. The second kappa shape index (κ2) is 5.78. The van der Waals surface area contributed by atoms with Gasteiger partial charge in [-0.2, -0.15) is 0 Å². The lowest BCUT2D eigenvalue weighted by Gasteiger charge is -2.16. The van der Waals surface area contributed by atoms with Crippen LogP contribution >= 0.6 is 0 Å². The van der Waals surface area contributed by atoms with Gasteiger partial charge in [-0.1, -0.05) is 20.8 Å². The van der Waals surface area contributed by atoms with Crippen LogP contribution in [0.1, 0.15) is 46.5 Å². The lowest BCUT2D eigenvalue weighted by Crippen LogP contribution is -2.19. The van der Waals surface area contributed by atoms with Crippen molar-refractivity contribution >= 4 is 11.7 Å². The van der Waals surface area contributed by atoms with Gasteiger partial charge in [-0.15, -0.1) is 0 Å². The summed E-state index contributed by atoms with van der Waals surface area (Å²) in [7, 11) is 1.59. The summed E-state index contributed by atoms with van der Waals surface area (Å²) >= 11 is 0. The van der Waals surface area contributed by atoms with Gasteiger partial charge in [-0.05, 0) is 11.8 Å². The van der Waals surface area contributed by atoms with Crippen LogP contribution in [0.5, 0.6) is 0 Å². The average molecular weight is 199 g/mol. The Balaban J connectivity index is 3.62. The minimum absolute atomic E-state index is 0.0610. The Kier molecular flexibility index (Phi) is 5.43. The number of hydrogen-bond acceptors (Lipinski definition) is 2. The summed E-state index contributed by atoms with van der Waals surface area (Å²) in [6.07, 6.45) is 2.16. The Morgan fingerprint density at radius 2 is 1.64 bits per heavy atom. The molecule has 0 aliphatic heterocycles. The van der Waals surface area contributed by atoms with Crippen molar-refractivity contribution in [2.75, 3.05) is 7.05 Å². The number of hydrogen-bond donors (Lipinski definition) is 1. The molecule has 3 heteroatoms. The second-order valence-electron chi connectivity index (χ2n) is 4.77. The van der Waals surface area contributed by atoms with Crippen LogP contribution in [0.25, 0.3) is 0 Å². The average Bonchev–Trinajstić information content (AvgIpc) is 2.09. The molecule has 1 amide bonds. The van der Waals surface area contributed by atoms with Crippen LogP contribution in [-0.4, -0.2) is 18.7 Å². The van der Waals surface area contributed by atoms with Crippen LogP contribution in [0.15, 0.2) is 0 Å². The normalized spacial score (nSPS) is 11.1. The Morgan fingerprint density at radius 1 is 1.07 bits per heavy atom. The zero-order valence-electron chi connectivity index (χ0n) is 9.64. The van der Waals surface area contributed by atoms with Crippen molar-refractivity contribution in [2.45, 2.75) is 46.5 Å². The molecule has 82 valence electrons. The number of ketones is 1. The molecular formula is C11H21NO2. The van der Waals surface area contributed by atoms with E-state index in [4.69, 9.17) is 0 Å². The third kappa shape index (κ3) is 7.77. The molecule has 0 heterocycles. The van der Waals surface area contributed by atoms with E-state index in [0.29, 0.717) is 19.3 Å². The third-order valence-electron chi connectivity index (χ3n) is 2.06. The Labute approximate surface area is 86.3 Å². The summed E-state index contributed by atoms with van der Waals surface area (Å²) in [5, 5.41) is 2.50. The van der Waals surface area contributed by atoms with E-state index >= 15 is 0 Å². The molecule has 0 bridgehead atoms. The summed E-state index contributed by atoms with van der Waals surface area (Å²) < 4.78 is 0. The number of amides is 1. The standard InChI is InChI=1S/C11H21NO2/c1-11(2,3)8-7-9(13)5-6-10(14)12-4/h5-8H2,1-4H3,(H,12,14). The Morgan fingerprint density at radius 3 is 2.07 bits per heavy atom. The van der Waals surface area contributed by atoms with E-state index in [1.807, 2.05) is 0 Å². The van der Waals surface area contributed by atoms with Gasteiger partial charge in [-0.3, -0.25) is 9.59 Å². The van der Waals surface area contributed by atoms with Crippen molar-refractivity contribution in [3.05, 3.63) is 0 Å². The van der Waals surface area contributed by atoms with Crippen LogP contribution in [-0.2, 0) is 9.59 Å². The highest BCUT2D eigenvalue weighted by Gasteiger charge is 2.13. The lowest BCUT2D eigenvalue weighted by molar-refractivity contribution is -0.125. The first-order valence-electron chi connectivity index (χ1n) is 5.07. The van der Waals surface area contributed by atoms with E-state index in [0.717, 1.165) is 6.42 Å². The van der Waals surface area contributed by atoms with Crippen LogP contribution in [0.3, 0.4) is 0 Å². The molecule has 0 aliphatic rings. The minimum atomic E-state index is -0.0610. The quantitative estimate of drug-likeness (QED) is 0.735. The van der Waals surface area contributed by atoms with E-state index < -0.39 is 0 Å². The molecular weight excluding hydrogens is 178 g/mol. The smallest absolute Gasteiger partial charge is 0.220 e. The van der Waals surface area contributed by atoms with Gasteiger partial charge in [0.05, 0.1) is 0 Å². The maximum Gasteiger partial charge on any atom is 0.220 e. The topological polar surface area (TPSA) is 46.2 Å². The molecule has 0 aliphatic carbocycles. The van der Waals surface area contributed by atoms with Gasteiger partial charge < -0.3 is 5.32 Å².